The lowest BCUT2D eigenvalue weighted by molar-refractivity contribution is 0.181. The number of guanidine groups is 1. The highest BCUT2D eigenvalue weighted by molar-refractivity contribution is 7.10. The monoisotopic (exact) mass is 295 g/mol. The van der Waals surface area contributed by atoms with Crippen LogP contribution in [0.5, 0.6) is 0 Å². The Balaban J connectivity index is 1.95. The van der Waals surface area contributed by atoms with Crippen molar-refractivity contribution in [1.82, 2.24) is 10.2 Å². The summed E-state index contributed by atoms with van der Waals surface area (Å²) < 4.78 is 5.45. The maximum atomic E-state index is 5.45. The Kier molecular flexibility index (Phi) is 5.86. The lowest BCUT2D eigenvalue weighted by Crippen LogP contribution is -2.41. The summed E-state index contributed by atoms with van der Waals surface area (Å²) in [7, 11) is 2.11. The molecule has 1 atom stereocenters. The van der Waals surface area contributed by atoms with E-state index in [9.17, 15) is 0 Å². The number of hydrogen-bond donors (Lipinski definition) is 1. The van der Waals surface area contributed by atoms with Gasteiger partial charge in [0.05, 0.1) is 13.2 Å². The second-order valence-corrected chi connectivity index (χ2v) is 6.31. The molecule has 0 aromatic carbocycles. The zero-order valence-electron chi connectivity index (χ0n) is 12.7. The predicted octanol–water partition coefficient (Wildman–Crippen LogP) is 2.49. The Morgan fingerprint density at radius 2 is 2.45 bits per heavy atom. The van der Waals surface area contributed by atoms with Crippen molar-refractivity contribution in [2.24, 2.45) is 10.9 Å². The zero-order valence-corrected chi connectivity index (χ0v) is 13.5. The number of nitrogens with one attached hydrogen (secondary N) is 1. The molecule has 0 bridgehead atoms. The molecule has 2 rings (SSSR count). The third-order valence-electron chi connectivity index (χ3n) is 3.59. The summed E-state index contributed by atoms with van der Waals surface area (Å²) in [6.07, 6.45) is 1.16. The van der Waals surface area contributed by atoms with Gasteiger partial charge in [0.15, 0.2) is 5.96 Å². The van der Waals surface area contributed by atoms with E-state index in [1.54, 1.807) is 11.3 Å². The highest BCUT2D eigenvalue weighted by Gasteiger charge is 2.19. The number of hydrogen-bond acceptors (Lipinski definition) is 3. The van der Waals surface area contributed by atoms with Gasteiger partial charge >= 0.3 is 0 Å². The number of rotatable bonds is 5. The van der Waals surface area contributed by atoms with E-state index < -0.39 is 0 Å². The number of thiophene rings is 1. The normalized spacial score (nSPS) is 19.4. The van der Waals surface area contributed by atoms with E-state index in [2.05, 4.69) is 42.6 Å². The van der Waals surface area contributed by atoms with Crippen LogP contribution in [-0.4, -0.2) is 44.2 Å². The minimum absolute atomic E-state index is 0.632. The smallest absolute Gasteiger partial charge is 0.194 e. The summed E-state index contributed by atoms with van der Waals surface area (Å²) in [6.45, 7) is 8.71. The summed E-state index contributed by atoms with van der Waals surface area (Å²) >= 11 is 1.78. The van der Waals surface area contributed by atoms with Crippen molar-refractivity contribution < 1.29 is 4.74 Å². The van der Waals surface area contributed by atoms with E-state index in [1.807, 2.05) is 0 Å². The Hall–Kier alpha value is -1.07. The quantitative estimate of drug-likeness (QED) is 0.670. The van der Waals surface area contributed by atoms with Gasteiger partial charge in [-0.15, -0.1) is 11.3 Å². The molecule has 2 heterocycles. The molecule has 0 radical (unpaired) electrons. The molecule has 0 amide bonds. The minimum atomic E-state index is 0.632. The zero-order chi connectivity index (χ0) is 14.4. The molecule has 1 fully saturated rings. The van der Waals surface area contributed by atoms with Crippen molar-refractivity contribution in [2.75, 3.05) is 33.4 Å². The van der Waals surface area contributed by atoms with Gasteiger partial charge in [0.1, 0.15) is 0 Å². The van der Waals surface area contributed by atoms with E-state index >= 15 is 0 Å². The van der Waals surface area contributed by atoms with Gasteiger partial charge in [-0.3, -0.25) is 0 Å². The van der Waals surface area contributed by atoms with Crippen molar-refractivity contribution in [3.8, 4) is 0 Å². The standard InChI is InChI=1S/C15H25N3OS/c1-4-16-15(17-9-14-12(2)6-8-20-14)18(3)10-13-5-7-19-11-13/h6,8,13H,4-5,7,9-11H2,1-3H3,(H,16,17). The van der Waals surface area contributed by atoms with Crippen LogP contribution >= 0.6 is 11.3 Å². The largest absolute Gasteiger partial charge is 0.381 e. The van der Waals surface area contributed by atoms with Crippen LogP contribution in [0, 0.1) is 12.8 Å². The summed E-state index contributed by atoms with van der Waals surface area (Å²) in [5.41, 5.74) is 1.33. The molecule has 112 valence electrons. The van der Waals surface area contributed by atoms with Crippen molar-refractivity contribution in [2.45, 2.75) is 26.8 Å². The summed E-state index contributed by atoms with van der Waals surface area (Å²) in [5, 5.41) is 5.51. The predicted molar refractivity (Wildman–Crippen MR) is 85.4 cm³/mol. The molecule has 0 saturated carbocycles. The Bertz CT molecular complexity index is 438. The fourth-order valence-corrected chi connectivity index (χ4v) is 3.21. The topological polar surface area (TPSA) is 36.9 Å². The highest BCUT2D eigenvalue weighted by Crippen LogP contribution is 2.17. The van der Waals surface area contributed by atoms with Crippen LogP contribution in [-0.2, 0) is 11.3 Å². The van der Waals surface area contributed by atoms with Gasteiger partial charge in [0.2, 0.25) is 0 Å². The van der Waals surface area contributed by atoms with E-state index in [1.165, 1.54) is 10.4 Å². The van der Waals surface area contributed by atoms with Gasteiger partial charge < -0.3 is 15.0 Å². The van der Waals surface area contributed by atoms with Crippen LogP contribution in [0.1, 0.15) is 23.8 Å². The molecule has 1 aromatic rings. The lowest BCUT2D eigenvalue weighted by Gasteiger charge is -2.24. The van der Waals surface area contributed by atoms with Crippen LogP contribution in [0.3, 0.4) is 0 Å². The van der Waals surface area contributed by atoms with E-state index in [0.717, 1.165) is 45.2 Å². The molecule has 0 aliphatic carbocycles. The van der Waals surface area contributed by atoms with Gasteiger partial charge in [-0.25, -0.2) is 4.99 Å². The molecule has 1 aromatic heterocycles. The molecule has 1 aliphatic rings. The summed E-state index contributed by atoms with van der Waals surface area (Å²) in [5.74, 6) is 1.62. The van der Waals surface area contributed by atoms with Crippen molar-refractivity contribution in [1.29, 1.82) is 0 Å². The van der Waals surface area contributed by atoms with E-state index in [4.69, 9.17) is 9.73 Å². The molecular formula is C15H25N3OS. The first-order valence-corrected chi connectivity index (χ1v) is 8.18. The van der Waals surface area contributed by atoms with Crippen LogP contribution in [0.4, 0.5) is 0 Å². The highest BCUT2D eigenvalue weighted by atomic mass is 32.1. The SMILES string of the molecule is CCNC(=NCc1sccc1C)N(C)CC1CCOC1. The second-order valence-electron chi connectivity index (χ2n) is 5.31. The average molecular weight is 295 g/mol. The van der Waals surface area contributed by atoms with Crippen molar-refractivity contribution in [3.63, 3.8) is 0 Å². The first-order valence-electron chi connectivity index (χ1n) is 7.31. The number of aryl methyl sites for hydroxylation is 1. The molecule has 20 heavy (non-hydrogen) atoms. The Morgan fingerprint density at radius 3 is 3.05 bits per heavy atom. The average Bonchev–Trinajstić information content (AvgIpc) is 3.06. The second kappa shape index (κ2) is 7.64. The summed E-state index contributed by atoms with van der Waals surface area (Å²) in [6, 6.07) is 2.15. The molecule has 0 spiro atoms. The molecule has 5 heteroatoms. The molecule has 1 N–H and O–H groups in total. The Labute approximate surface area is 125 Å². The van der Waals surface area contributed by atoms with Crippen LogP contribution in [0.2, 0.25) is 0 Å². The van der Waals surface area contributed by atoms with Crippen molar-refractivity contribution in [3.05, 3.63) is 21.9 Å². The fraction of sp³-hybridized carbons (Fsp3) is 0.667. The van der Waals surface area contributed by atoms with Gasteiger partial charge in [-0.05, 0) is 37.3 Å². The van der Waals surface area contributed by atoms with Crippen molar-refractivity contribution >= 4 is 17.3 Å². The van der Waals surface area contributed by atoms with Crippen LogP contribution in [0.25, 0.3) is 0 Å². The maximum absolute atomic E-state index is 5.45. The maximum Gasteiger partial charge on any atom is 0.194 e. The lowest BCUT2D eigenvalue weighted by atomic mass is 10.1. The minimum Gasteiger partial charge on any atom is -0.381 e. The molecule has 4 nitrogen and oxygen atoms in total. The molecular weight excluding hydrogens is 270 g/mol. The van der Waals surface area contributed by atoms with Gasteiger partial charge in [-0.2, -0.15) is 0 Å². The Morgan fingerprint density at radius 1 is 1.60 bits per heavy atom. The van der Waals surface area contributed by atoms with Crippen LogP contribution < -0.4 is 5.32 Å². The number of ether oxygens (including phenoxy) is 1. The summed E-state index contributed by atoms with van der Waals surface area (Å²) in [4.78, 5) is 8.33. The molecule has 1 unspecified atom stereocenters. The van der Waals surface area contributed by atoms with E-state index in [-0.39, 0.29) is 0 Å². The third-order valence-corrected chi connectivity index (χ3v) is 4.60. The molecule has 1 saturated heterocycles. The van der Waals surface area contributed by atoms with E-state index in [0.29, 0.717) is 5.92 Å². The first-order chi connectivity index (χ1) is 9.70. The third kappa shape index (κ3) is 4.21. The number of nitrogens with zero attached hydrogens (tertiary/aromatic N) is 2. The van der Waals surface area contributed by atoms with Gasteiger partial charge in [-0.1, -0.05) is 0 Å². The fourth-order valence-electron chi connectivity index (χ4n) is 2.38. The molecule has 1 aliphatic heterocycles. The van der Waals surface area contributed by atoms with Crippen LogP contribution in [0.15, 0.2) is 16.4 Å². The van der Waals surface area contributed by atoms with Gasteiger partial charge in [0, 0.05) is 37.5 Å². The number of aliphatic imine (C=N–C) groups is 1. The first kappa shape index (κ1) is 15.3. The van der Waals surface area contributed by atoms with Gasteiger partial charge in [0.25, 0.3) is 0 Å².